The second-order valence-corrected chi connectivity index (χ2v) is 10.1. The van der Waals surface area contributed by atoms with Crippen molar-refractivity contribution in [3.8, 4) is 5.75 Å². The van der Waals surface area contributed by atoms with E-state index in [0.29, 0.717) is 0 Å². The van der Waals surface area contributed by atoms with Crippen molar-refractivity contribution in [1.82, 2.24) is 0 Å². The molecule has 15 atom stereocenters. The molecular formula is C24H35NO16. The van der Waals surface area contributed by atoms with Gasteiger partial charge in [0.05, 0.1) is 23.7 Å². The maximum absolute atomic E-state index is 10.9. The smallest absolute Gasteiger partial charge is 0.269 e. The molecule has 0 spiro atoms. The Kier molecular flexibility index (Phi) is 10.1. The number of benzene rings is 1. The molecule has 8 N–H and O–H groups in total. The van der Waals surface area contributed by atoms with Gasteiger partial charge in [-0.3, -0.25) is 10.1 Å². The number of nitro groups is 1. The van der Waals surface area contributed by atoms with Crippen LogP contribution in [0.3, 0.4) is 0 Å². The highest BCUT2D eigenvalue weighted by Gasteiger charge is 2.53. The lowest BCUT2D eigenvalue weighted by molar-refractivity contribution is -0.384. The molecule has 232 valence electrons. The molecule has 0 aromatic heterocycles. The average molecular weight is 594 g/mol. The van der Waals surface area contributed by atoms with Gasteiger partial charge in [0, 0.05) is 12.1 Å². The monoisotopic (exact) mass is 593 g/mol. The van der Waals surface area contributed by atoms with Crippen LogP contribution >= 0.6 is 0 Å². The minimum Gasteiger partial charge on any atom is -0.462 e. The van der Waals surface area contributed by atoms with Gasteiger partial charge >= 0.3 is 0 Å². The summed E-state index contributed by atoms with van der Waals surface area (Å²) >= 11 is 0. The molecule has 0 unspecified atom stereocenters. The van der Waals surface area contributed by atoms with Crippen LogP contribution in [0.1, 0.15) is 13.8 Å². The average Bonchev–Trinajstić information content (AvgIpc) is 2.95. The van der Waals surface area contributed by atoms with Crippen LogP contribution in [0.5, 0.6) is 5.75 Å². The number of ether oxygens (including phenoxy) is 6. The second kappa shape index (κ2) is 13.0. The van der Waals surface area contributed by atoms with E-state index in [2.05, 4.69) is 0 Å². The van der Waals surface area contributed by atoms with Gasteiger partial charge in [0.1, 0.15) is 66.8 Å². The molecule has 0 saturated carbocycles. The number of hydrogen-bond acceptors (Lipinski definition) is 16. The largest absolute Gasteiger partial charge is 0.462 e. The summed E-state index contributed by atoms with van der Waals surface area (Å²) in [6, 6.07) is 4.92. The SMILES string of the molecule is C[C@H]1O[C@@H](O[C@H]2[C@H](O)[C@@H](O)[C@H](O[C@H]3[C@@H](O)[C@@H](C)O[C@@H](Oc4ccc([N+](=O)[O-])cc4)[C@@H]3O)O[C@@H]2CO)[C@H](O)[C@@H](O)[C@H]1O. The summed E-state index contributed by atoms with van der Waals surface area (Å²) in [5.74, 6) is 0.103. The summed E-state index contributed by atoms with van der Waals surface area (Å²) in [7, 11) is 0. The molecule has 17 nitrogen and oxygen atoms in total. The number of nitrogens with zero attached hydrogens (tertiary/aromatic N) is 1. The third-order valence-corrected chi connectivity index (χ3v) is 7.29. The van der Waals surface area contributed by atoms with Crippen molar-refractivity contribution >= 4 is 5.69 Å². The van der Waals surface area contributed by atoms with Crippen LogP contribution < -0.4 is 4.74 Å². The van der Waals surface area contributed by atoms with Gasteiger partial charge in [-0.1, -0.05) is 0 Å². The fourth-order valence-electron chi connectivity index (χ4n) is 4.80. The molecule has 4 rings (SSSR count). The molecule has 3 aliphatic heterocycles. The number of non-ortho nitro benzene ring substituents is 1. The van der Waals surface area contributed by atoms with Gasteiger partial charge in [-0.25, -0.2) is 0 Å². The van der Waals surface area contributed by atoms with Crippen LogP contribution in [0.4, 0.5) is 5.69 Å². The molecule has 3 saturated heterocycles. The van der Waals surface area contributed by atoms with Gasteiger partial charge in [0.2, 0.25) is 6.29 Å². The third kappa shape index (κ3) is 6.62. The Morgan fingerprint density at radius 1 is 0.707 bits per heavy atom. The highest BCUT2D eigenvalue weighted by molar-refractivity contribution is 5.36. The Morgan fingerprint density at radius 2 is 1.24 bits per heavy atom. The molecule has 0 aliphatic carbocycles. The Labute approximate surface area is 233 Å². The molecular weight excluding hydrogens is 558 g/mol. The summed E-state index contributed by atoms with van der Waals surface area (Å²) in [5, 5.41) is 94.1. The van der Waals surface area contributed by atoms with Crippen molar-refractivity contribution in [1.29, 1.82) is 0 Å². The van der Waals surface area contributed by atoms with Crippen LogP contribution in [0, 0.1) is 10.1 Å². The first kappa shape index (κ1) is 31.8. The summed E-state index contributed by atoms with van der Waals surface area (Å²) < 4.78 is 33.3. The minimum atomic E-state index is -1.87. The Morgan fingerprint density at radius 3 is 1.85 bits per heavy atom. The topological polar surface area (TPSA) is 260 Å². The molecule has 41 heavy (non-hydrogen) atoms. The summed E-state index contributed by atoms with van der Waals surface area (Å²) in [4.78, 5) is 10.3. The van der Waals surface area contributed by atoms with Crippen LogP contribution in [0.15, 0.2) is 24.3 Å². The van der Waals surface area contributed by atoms with E-state index >= 15 is 0 Å². The molecule has 1 aromatic rings. The van der Waals surface area contributed by atoms with Crippen molar-refractivity contribution in [3.05, 3.63) is 34.4 Å². The van der Waals surface area contributed by atoms with E-state index < -0.39 is 104 Å². The number of aliphatic hydroxyl groups excluding tert-OH is 8. The lowest BCUT2D eigenvalue weighted by atomic mass is 9.96. The van der Waals surface area contributed by atoms with Gasteiger partial charge in [-0.15, -0.1) is 0 Å². The Hall–Kier alpha value is -2.10. The highest BCUT2D eigenvalue weighted by atomic mass is 16.8. The molecule has 1 aromatic carbocycles. The van der Waals surface area contributed by atoms with E-state index in [1.165, 1.54) is 38.1 Å². The third-order valence-electron chi connectivity index (χ3n) is 7.29. The Balaban J connectivity index is 1.44. The molecule has 0 amide bonds. The van der Waals surface area contributed by atoms with Crippen LogP contribution in [-0.2, 0) is 23.7 Å². The van der Waals surface area contributed by atoms with Crippen LogP contribution in [0.25, 0.3) is 0 Å². The zero-order valence-electron chi connectivity index (χ0n) is 22.0. The van der Waals surface area contributed by atoms with E-state index in [4.69, 9.17) is 28.4 Å². The van der Waals surface area contributed by atoms with Crippen LogP contribution in [0.2, 0.25) is 0 Å². The van der Waals surface area contributed by atoms with Gasteiger partial charge in [-0.05, 0) is 26.0 Å². The first-order chi connectivity index (χ1) is 19.3. The molecule has 17 heteroatoms. The predicted molar refractivity (Wildman–Crippen MR) is 130 cm³/mol. The van der Waals surface area contributed by atoms with Crippen molar-refractivity contribution in [2.75, 3.05) is 6.61 Å². The second-order valence-electron chi connectivity index (χ2n) is 10.1. The van der Waals surface area contributed by atoms with E-state index in [-0.39, 0.29) is 11.4 Å². The number of hydrogen-bond donors (Lipinski definition) is 8. The zero-order chi connectivity index (χ0) is 30.2. The van der Waals surface area contributed by atoms with Crippen LogP contribution in [-0.4, -0.2) is 145 Å². The fraction of sp³-hybridized carbons (Fsp3) is 0.750. The van der Waals surface area contributed by atoms with Crippen molar-refractivity contribution in [3.63, 3.8) is 0 Å². The molecule has 0 bridgehead atoms. The summed E-state index contributed by atoms with van der Waals surface area (Å²) in [6.07, 6.45) is -22.7. The molecule has 3 heterocycles. The Bertz CT molecular complexity index is 1010. The first-order valence-electron chi connectivity index (χ1n) is 12.9. The van der Waals surface area contributed by atoms with Gasteiger partial charge in [-0.2, -0.15) is 0 Å². The maximum atomic E-state index is 10.9. The maximum Gasteiger partial charge on any atom is 0.269 e. The summed E-state index contributed by atoms with van der Waals surface area (Å²) in [6.45, 7) is 2.09. The van der Waals surface area contributed by atoms with Gasteiger partial charge < -0.3 is 69.3 Å². The molecule has 3 fully saturated rings. The fourth-order valence-corrected chi connectivity index (χ4v) is 4.80. The van der Waals surface area contributed by atoms with Gasteiger partial charge in [0.25, 0.3) is 5.69 Å². The highest BCUT2D eigenvalue weighted by Crippen LogP contribution is 2.33. The zero-order valence-corrected chi connectivity index (χ0v) is 22.0. The predicted octanol–water partition coefficient (Wildman–Crippen LogP) is -3.52. The quantitative estimate of drug-likeness (QED) is 0.107. The summed E-state index contributed by atoms with van der Waals surface area (Å²) in [5.41, 5.74) is -0.192. The number of rotatable bonds is 8. The van der Waals surface area contributed by atoms with Gasteiger partial charge in [0.15, 0.2) is 12.6 Å². The minimum absolute atomic E-state index is 0.103. The molecule has 3 aliphatic rings. The normalized spacial score (nSPS) is 45.3. The lowest BCUT2D eigenvalue weighted by Gasteiger charge is -2.47. The molecule has 0 radical (unpaired) electrons. The van der Waals surface area contributed by atoms with Crippen molar-refractivity contribution in [2.45, 2.75) is 106 Å². The van der Waals surface area contributed by atoms with E-state index in [9.17, 15) is 51.0 Å². The van der Waals surface area contributed by atoms with E-state index in [1.54, 1.807) is 0 Å². The van der Waals surface area contributed by atoms with Crippen molar-refractivity contribution < 1.29 is 74.2 Å². The first-order valence-corrected chi connectivity index (χ1v) is 12.9. The standard InChI is InChI=1S/C24H35NO16/c1-8-13(27)15(29)17(31)22(36-8)40-20-12(7-26)39-23(18(32)16(20)30)41-21-14(28)9(2)37-24(19(21)33)38-11-5-3-10(4-6-11)25(34)35/h3-6,8-9,12-24,26-33H,7H2,1-2H3/t8-,9-,12-,13+,14+,15+,16-,17-,18-,19-,20-,21+,22+,23+,24+/m1/s1. The number of nitro benzene ring substituents is 1. The van der Waals surface area contributed by atoms with E-state index in [0.717, 1.165) is 0 Å². The van der Waals surface area contributed by atoms with Crippen molar-refractivity contribution in [2.24, 2.45) is 0 Å². The lowest BCUT2D eigenvalue weighted by Crippen LogP contribution is -2.66. The number of aliphatic hydroxyl groups is 8. The van der Waals surface area contributed by atoms with E-state index in [1.807, 2.05) is 0 Å².